The van der Waals surface area contributed by atoms with Crippen LogP contribution >= 0.6 is 11.3 Å². The summed E-state index contributed by atoms with van der Waals surface area (Å²) in [5.41, 5.74) is 4.35. The normalized spacial score (nSPS) is 14.7. The van der Waals surface area contributed by atoms with Gasteiger partial charge in [0.2, 0.25) is 0 Å². The Morgan fingerprint density at radius 2 is 1.75 bits per heavy atom. The summed E-state index contributed by atoms with van der Waals surface area (Å²) < 4.78 is 0. The lowest BCUT2D eigenvalue weighted by atomic mass is 10.1. The Kier molecular flexibility index (Phi) is 5.42. The highest BCUT2D eigenvalue weighted by Crippen LogP contribution is 2.31. The van der Waals surface area contributed by atoms with Crippen molar-refractivity contribution in [3.63, 3.8) is 0 Å². The van der Waals surface area contributed by atoms with E-state index in [9.17, 15) is 4.79 Å². The smallest absolute Gasteiger partial charge is 0.261 e. The molecule has 0 bridgehead atoms. The number of nitrogens with zero attached hydrogens (tertiary/aromatic N) is 3. The SMILES string of the molecule is Cc1nc(C)c2c(C)c(C(=O)NCc3ccc(CN4CCCC4)cc3)sc2n1. The van der Waals surface area contributed by atoms with Crippen LogP contribution in [0.4, 0.5) is 0 Å². The number of nitrogens with one attached hydrogen (secondary N) is 1. The predicted molar refractivity (Wildman–Crippen MR) is 114 cm³/mol. The Labute approximate surface area is 169 Å². The van der Waals surface area contributed by atoms with Crippen molar-refractivity contribution in [2.45, 2.75) is 46.7 Å². The highest BCUT2D eigenvalue weighted by Gasteiger charge is 2.18. The van der Waals surface area contributed by atoms with Crippen LogP contribution in [-0.4, -0.2) is 33.9 Å². The number of amides is 1. The molecule has 1 aromatic carbocycles. The molecule has 1 aliphatic heterocycles. The molecule has 5 nitrogen and oxygen atoms in total. The zero-order valence-electron chi connectivity index (χ0n) is 16.7. The van der Waals surface area contributed by atoms with Crippen LogP contribution in [0.3, 0.4) is 0 Å². The van der Waals surface area contributed by atoms with Gasteiger partial charge in [-0.15, -0.1) is 11.3 Å². The summed E-state index contributed by atoms with van der Waals surface area (Å²) in [6.45, 7) is 9.79. The van der Waals surface area contributed by atoms with Crippen LogP contribution in [0, 0.1) is 20.8 Å². The van der Waals surface area contributed by atoms with Crippen molar-refractivity contribution in [2.24, 2.45) is 0 Å². The maximum absolute atomic E-state index is 12.7. The van der Waals surface area contributed by atoms with Gasteiger partial charge in [-0.05, 0) is 63.4 Å². The third-order valence-electron chi connectivity index (χ3n) is 5.37. The summed E-state index contributed by atoms with van der Waals surface area (Å²) in [6, 6.07) is 8.57. The summed E-state index contributed by atoms with van der Waals surface area (Å²) in [4.78, 5) is 25.8. The number of benzene rings is 1. The molecule has 1 fully saturated rings. The van der Waals surface area contributed by atoms with Crippen molar-refractivity contribution in [1.29, 1.82) is 0 Å². The molecule has 3 aromatic rings. The van der Waals surface area contributed by atoms with Crippen molar-refractivity contribution >= 4 is 27.5 Å². The zero-order chi connectivity index (χ0) is 19.7. The Morgan fingerprint density at radius 3 is 2.46 bits per heavy atom. The van der Waals surface area contributed by atoms with Crippen molar-refractivity contribution < 1.29 is 4.79 Å². The molecule has 1 saturated heterocycles. The van der Waals surface area contributed by atoms with Crippen molar-refractivity contribution in [1.82, 2.24) is 20.2 Å². The van der Waals surface area contributed by atoms with E-state index < -0.39 is 0 Å². The molecular formula is C22H26N4OS. The van der Waals surface area contributed by atoms with E-state index >= 15 is 0 Å². The first kappa shape index (κ1) is 19.0. The van der Waals surface area contributed by atoms with Crippen LogP contribution in [0.2, 0.25) is 0 Å². The average molecular weight is 395 g/mol. The molecule has 2 aromatic heterocycles. The molecule has 0 atom stereocenters. The Balaban J connectivity index is 1.42. The zero-order valence-corrected chi connectivity index (χ0v) is 17.5. The van der Waals surface area contributed by atoms with Crippen LogP contribution in [0.15, 0.2) is 24.3 Å². The molecule has 1 amide bonds. The van der Waals surface area contributed by atoms with Gasteiger partial charge >= 0.3 is 0 Å². The fraction of sp³-hybridized carbons (Fsp3) is 0.409. The van der Waals surface area contributed by atoms with Gasteiger partial charge in [-0.2, -0.15) is 0 Å². The lowest BCUT2D eigenvalue weighted by Crippen LogP contribution is -2.22. The highest BCUT2D eigenvalue weighted by atomic mass is 32.1. The van der Waals surface area contributed by atoms with E-state index in [-0.39, 0.29) is 5.91 Å². The minimum absolute atomic E-state index is 0.0429. The molecule has 0 radical (unpaired) electrons. The summed E-state index contributed by atoms with van der Waals surface area (Å²) in [5.74, 6) is 0.700. The Morgan fingerprint density at radius 1 is 1.07 bits per heavy atom. The minimum Gasteiger partial charge on any atom is -0.347 e. The second kappa shape index (κ2) is 7.97. The number of fused-ring (bicyclic) bond motifs is 1. The second-order valence-electron chi connectivity index (χ2n) is 7.57. The van der Waals surface area contributed by atoms with E-state index in [1.54, 1.807) is 0 Å². The molecule has 6 heteroatoms. The Bertz CT molecular complexity index is 1000. The first-order chi connectivity index (χ1) is 13.5. The maximum Gasteiger partial charge on any atom is 0.261 e. The van der Waals surface area contributed by atoms with Gasteiger partial charge < -0.3 is 5.32 Å². The average Bonchev–Trinajstić information content (AvgIpc) is 3.28. The molecule has 146 valence electrons. The third kappa shape index (κ3) is 3.93. The van der Waals surface area contributed by atoms with Crippen LogP contribution in [0.5, 0.6) is 0 Å². The fourth-order valence-electron chi connectivity index (χ4n) is 3.91. The minimum atomic E-state index is -0.0429. The van der Waals surface area contributed by atoms with E-state index in [0.29, 0.717) is 6.54 Å². The first-order valence-corrected chi connectivity index (χ1v) is 10.7. The standard InChI is InChI=1S/C22H26N4OS/c1-14-19-15(2)24-16(3)25-22(19)28-20(14)21(27)23-12-17-6-8-18(9-7-17)13-26-10-4-5-11-26/h6-9H,4-5,10-13H2,1-3H3,(H,23,27). The molecule has 3 heterocycles. The monoisotopic (exact) mass is 394 g/mol. The fourth-order valence-corrected chi connectivity index (χ4v) is 5.11. The van der Waals surface area contributed by atoms with Crippen LogP contribution in [-0.2, 0) is 13.1 Å². The van der Waals surface area contributed by atoms with E-state index in [2.05, 4.69) is 44.5 Å². The molecule has 28 heavy (non-hydrogen) atoms. The van der Waals surface area contributed by atoms with Gasteiger partial charge in [0.05, 0.1) is 4.88 Å². The molecule has 1 N–H and O–H groups in total. The van der Waals surface area contributed by atoms with Gasteiger partial charge in [-0.1, -0.05) is 24.3 Å². The number of carbonyl (C=O) groups is 1. The van der Waals surface area contributed by atoms with Gasteiger partial charge in [0, 0.05) is 24.2 Å². The number of aromatic nitrogens is 2. The van der Waals surface area contributed by atoms with Crippen molar-refractivity contribution in [3.8, 4) is 0 Å². The quantitative estimate of drug-likeness (QED) is 0.706. The Hall–Kier alpha value is -2.31. The molecule has 0 spiro atoms. The van der Waals surface area contributed by atoms with E-state index in [1.165, 1.54) is 42.8 Å². The van der Waals surface area contributed by atoms with Crippen LogP contribution in [0.25, 0.3) is 10.2 Å². The largest absolute Gasteiger partial charge is 0.347 e. The van der Waals surface area contributed by atoms with Gasteiger partial charge in [-0.25, -0.2) is 9.97 Å². The number of rotatable bonds is 5. The topological polar surface area (TPSA) is 58.1 Å². The van der Waals surface area contributed by atoms with Crippen molar-refractivity contribution in [2.75, 3.05) is 13.1 Å². The van der Waals surface area contributed by atoms with E-state index in [4.69, 9.17) is 0 Å². The molecule has 1 aliphatic rings. The lowest BCUT2D eigenvalue weighted by Gasteiger charge is -2.14. The van der Waals surface area contributed by atoms with Crippen LogP contribution < -0.4 is 5.32 Å². The number of aryl methyl sites for hydroxylation is 3. The maximum atomic E-state index is 12.7. The number of likely N-dealkylation sites (tertiary alicyclic amines) is 1. The van der Waals surface area contributed by atoms with Gasteiger partial charge in [0.15, 0.2) is 0 Å². The van der Waals surface area contributed by atoms with Gasteiger partial charge in [0.25, 0.3) is 5.91 Å². The summed E-state index contributed by atoms with van der Waals surface area (Å²) in [6.07, 6.45) is 2.62. The predicted octanol–water partition coefficient (Wildman–Crippen LogP) is 4.14. The molecule has 4 rings (SSSR count). The molecule has 0 saturated carbocycles. The number of hydrogen-bond donors (Lipinski definition) is 1. The summed E-state index contributed by atoms with van der Waals surface area (Å²) in [5, 5.41) is 4.06. The van der Waals surface area contributed by atoms with Gasteiger partial charge in [-0.3, -0.25) is 9.69 Å². The second-order valence-corrected chi connectivity index (χ2v) is 8.57. The van der Waals surface area contributed by atoms with E-state index in [1.807, 2.05) is 20.8 Å². The summed E-state index contributed by atoms with van der Waals surface area (Å²) >= 11 is 1.45. The van der Waals surface area contributed by atoms with Crippen molar-refractivity contribution in [3.05, 3.63) is 57.4 Å². The lowest BCUT2D eigenvalue weighted by molar-refractivity contribution is 0.0954. The molecule has 0 aliphatic carbocycles. The summed E-state index contributed by atoms with van der Waals surface area (Å²) in [7, 11) is 0. The number of thiophene rings is 1. The number of carbonyl (C=O) groups excluding carboxylic acids is 1. The number of hydrogen-bond acceptors (Lipinski definition) is 5. The highest BCUT2D eigenvalue weighted by molar-refractivity contribution is 7.20. The molecule has 0 unspecified atom stereocenters. The van der Waals surface area contributed by atoms with E-state index in [0.717, 1.165) is 44.3 Å². The van der Waals surface area contributed by atoms with Crippen LogP contribution in [0.1, 0.15) is 50.7 Å². The molecular weight excluding hydrogens is 368 g/mol. The first-order valence-electron chi connectivity index (χ1n) is 9.84. The third-order valence-corrected chi connectivity index (χ3v) is 6.55. The van der Waals surface area contributed by atoms with Gasteiger partial charge in [0.1, 0.15) is 10.7 Å².